The van der Waals surface area contributed by atoms with E-state index < -0.39 is 5.60 Å². The second-order valence-corrected chi connectivity index (χ2v) is 5.33. The first-order chi connectivity index (χ1) is 8.68. The summed E-state index contributed by atoms with van der Waals surface area (Å²) in [5, 5.41) is 10.3. The van der Waals surface area contributed by atoms with E-state index in [-0.39, 0.29) is 0 Å². The molecule has 0 spiro atoms. The molecule has 100 valence electrons. The van der Waals surface area contributed by atoms with Crippen molar-refractivity contribution < 1.29 is 9.84 Å². The fourth-order valence-electron chi connectivity index (χ4n) is 2.61. The molecule has 0 bridgehead atoms. The van der Waals surface area contributed by atoms with Crippen molar-refractivity contribution >= 4 is 0 Å². The van der Waals surface area contributed by atoms with E-state index in [2.05, 4.69) is 4.90 Å². The summed E-state index contributed by atoms with van der Waals surface area (Å²) >= 11 is 0. The Morgan fingerprint density at radius 2 is 1.89 bits per heavy atom. The summed E-state index contributed by atoms with van der Waals surface area (Å²) in [5.41, 5.74) is -0.457. The lowest BCUT2D eigenvalue weighted by Crippen LogP contribution is -2.40. The van der Waals surface area contributed by atoms with Crippen LogP contribution in [0.25, 0.3) is 0 Å². The SMILES string of the molecule is CN(CCOc1ccccc1)CC1(O)CCCC1. The molecule has 0 saturated heterocycles. The van der Waals surface area contributed by atoms with Crippen molar-refractivity contribution in [3.05, 3.63) is 30.3 Å². The fourth-order valence-corrected chi connectivity index (χ4v) is 2.61. The Kier molecular flexibility index (Phi) is 4.61. The summed E-state index contributed by atoms with van der Waals surface area (Å²) in [6.45, 7) is 2.26. The van der Waals surface area contributed by atoms with E-state index in [9.17, 15) is 5.11 Å². The van der Waals surface area contributed by atoms with Gasteiger partial charge in [0.2, 0.25) is 0 Å². The monoisotopic (exact) mass is 249 g/mol. The third kappa shape index (κ3) is 4.00. The Bertz CT molecular complexity index is 347. The lowest BCUT2D eigenvalue weighted by Gasteiger charge is -2.28. The lowest BCUT2D eigenvalue weighted by molar-refractivity contribution is 0.0139. The van der Waals surface area contributed by atoms with Gasteiger partial charge in [-0.2, -0.15) is 0 Å². The van der Waals surface area contributed by atoms with Gasteiger partial charge in [-0.1, -0.05) is 31.0 Å². The maximum absolute atomic E-state index is 10.3. The van der Waals surface area contributed by atoms with E-state index in [0.29, 0.717) is 6.61 Å². The first-order valence-corrected chi connectivity index (χ1v) is 6.77. The van der Waals surface area contributed by atoms with Crippen molar-refractivity contribution in [2.45, 2.75) is 31.3 Å². The molecular weight excluding hydrogens is 226 g/mol. The molecule has 1 aliphatic carbocycles. The van der Waals surface area contributed by atoms with Crippen LogP contribution in [0.4, 0.5) is 0 Å². The van der Waals surface area contributed by atoms with Gasteiger partial charge in [0.25, 0.3) is 0 Å². The molecule has 0 radical (unpaired) electrons. The molecule has 0 aromatic heterocycles. The Balaban J connectivity index is 1.67. The average molecular weight is 249 g/mol. The van der Waals surface area contributed by atoms with Crippen LogP contribution in [0.15, 0.2) is 30.3 Å². The topological polar surface area (TPSA) is 32.7 Å². The minimum absolute atomic E-state index is 0.457. The van der Waals surface area contributed by atoms with Crippen LogP contribution in [0, 0.1) is 0 Å². The molecule has 3 nitrogen and oxygen atoms in total. The number of aliphatic hydroxyl groups is 1. The number of rotatable bonds is 6. The third-order valence-corrected chi connectivity index (χ3v) is 3.58. The summed E-state index contributed by atoms with van der Waals surface area (Å²) in [6, 6.07) is 9.85. The van der Waals surface area contributed by atoms with Gasteiger partial charge in [-0.15, -0.1) is 0 Å². The zero-order valence-corrected chi connectivity index (χ0v) is 11.1. The predicted molar refractivity (Wildman–Crippen MR) is 72.9 cm³/mol. The van der Waals surface area contributed by atoms with Gasteiger partial charge in [-0.3, -0.25) is 0 Å². The number of para-hydroxylation sites is 1. The van der Waals surface area contributed by atoms with Crippen molar-refractivity contribution in [1.82, 2.24) is 4.90 Å². The Morgan fingerprint density at radius 1 is 1.22 bits per heavy atom. The van der Waals surface area contributed by atoms with E-state index in [1.54, 1.807) is 0 Å². The summed E-state index contributed by atoms with van der Waals surface area (Å²) in [4.78, 5) is 2.16. The molecule has 0 unspecified atom stereocenters. The Labute approximate surface area is 109 Å². The predicted octanol–water partition coefficient (Wildman–Crippen LogP) is 2.30. The first-order valence-electron chi connectivity index (χ1n) is 6.77. The van der Waals surface area contributed by atoms with Gasteiger partial charge in [-0.05, 0) is 32.0 Å². The maximum atomic E-state index is 10.3. The van der Waals surface area contributed by atoms with Gasteiger partial charge < -0.3 is 14.7 Å². The molecule has 1 fully saturated rings. The minimum Gasteiger partial charge on any atom is -0.492 e. The van der Waals surface area contributed by atoms with Gasteiger partial charge in [0.15, 0.2) is 0 Å². The number of ether oxygens (including phenoxy) is 1. The van der Waals surface area contributed by atoms with Crippen LogP contribution in [-0.4, -0.2) is 42.4 Å². The Hall–Kier alpha value is -1.06. The van der Waals surface area contributed by atoms with Gasteiger partial charge in [-0.25, -0.2) is 0 Å². The highest BCUT2D eigenvalue weighted by Crippen LogP contribution is 2.29. The van der Waals surface area contributed by atoms with E-state index in [1.165, 1.54) is 0 Å². The molecule has 0 atom stereocenters. The number of hydrogen-bond donors (Lipinski definition) is 1. The molecule has 1 N–H and O–H groups in total. The quantitative estimate of drug-likeness (QED) is 0.839. The summed E-state index contributed by atoms with van der Waals surface area (Å²) < 4.78 is 5.65. The standard InChI is InChI=1S/C15H23NO2/c1-16(13-15(17)9-5-6-10-15)11-12-18-14-7-3-2-4-8-14/h2-4,7-8,17H,5-6,9-13H2,1H3. The highest BCUT2D eigenvalue weighted by molar-refractivity contribution is 5.20. The largest absolute Gasteiger partial charge is 0.492 e. The zero-order valence-electron chi connectivity index (χ0n) is 11.1. The van der Waals surface area contributed by atoms with Gasteiger partial charge >= 0.3 is 0 Å². The highest BCUT2D eigenvalue weighted by atomic mass is 16.5. The second kappa shape index (κ2) is 6.21. The minimum atomic E-state index is -0.457. The second-order valence-electron chi connectivity index (χ2n) is 5.33. The molecular formula is C15H23NO2. The van der Waals surface area contributed by atoms with E-state index >= 15 is 0 Å². The van der Waals surface area contributed by atoms with Crippen LogP contribution >= 0.6 is 0 Å². The fraction of sp³-hybridized carbons (Fsp3) is 0.600. The maximum Gasteiger partial charge on any atom is 0.119 e. The number of benzene rings is 1. The van der Waals surface area contributed by atoms with Gasteiger partial charge in [0.1, 0.15) is 12.4 Å². The molecule has 1 saturated carbocycles. The van der Waals surface area contributed by atoms with Crippen molar-refractivity contribution in [3.8, 4) is 5.75 Å². The van der Waals surface area contributed by atoms with E-state index in [1.807, 2.05) is 37.4 Å². The van der Waals surface area contributed by atoms with Crippen LogP contribution < -0.4 is 4.74 Å². The first kappa shape index (κ1) is 13.4. The number of hydrogen-bond acceptors (Lipinski definition) is 3. The lowest BCUT2D eigenvalue weighted by atomic mass is 10.0. The average Bonchev–Trinajstić information content (AvgIpc) is 2.77. The molecule has 0 amide bonds. The Morgan fingerprint density at radius 3 is 2.56 bits per heavy atom. The van der Waals surface area contributed by atoms with E-state index in [4.69, 9.17) is 4.74 Å². The van der Waals surface area contributed by atoms with Crippen LogP contribution in [0.3, 0.4) is 0 Å². The van der Waals surface area contributed by atoms with Crippen molar-refractivity contribution in [3.63, 3.8) is 0 Å². The van der Waals surface area contributed by atoms with Crippen molar-refractivity contribution in [2.75, 3.05) is 26.7 Å². The molecule has 3 heteroatoms. The molecule has 2 rings (SSSR count). The zero-order chi connectivity index (χ0) is 12.8. The van der Waals surface area contributed by atoms with Crippen LogP contribution in [0.2, 0.25) is 0 Å². The van der Waals surface area contributed by atoms with Gasteiger partial charge in [0.05, 0.1) is 5.60 Å². The van der Waals surface area contributed by atoms with Crippen LogP contribution in [0.1, 0.15) is 25.7 Å². The molecule has 0 aliphatic heterocycles. The molecule has 0 heterocycles. The highest BCUT2D eigenvalue weighted by Gasteiger charge is 2.31. The smallest absolute Gasteiger partial charge is 0.119 e. The molecule has 18 heavy (non-hydrogen) atoms. The van der Waals surface area contributed by atoms with E-state index in [0.717, 1.165) is 44.5 Å². The molecule has 1 aromatic rings. The third-order valence-electron chi connectivity index (χ3n) is 3.58. The van der Waals surface area contributed by atoms with Crippen LogP contribution in [-0.2, 0) is 0 Å². The number of likely N-dealkylation sites (N-methyl/N-ethyl adjacent to an activating group) is 1. The van der Waals surface area contributed by atoms with Crippen molar-refractivity contribution in [1.29, 1.82) is 0 Å². The number of nitrogens with zero attached hydrogens (tertiary/aromatic N) is 1. The summed E-state index contributed by atoms with van der Waals surface area (Å²) in [7, 11) is 2.05. The molecule has 1 aliphatic rings. The molecule has 1 aromatic carbocycles. The normalized spacial score (nSPS) is 18.2. The van der Waals surface area contributed by atoms with Crippen molar-refractivity contribution in [2.24, 2.45) is 0 Å². The van der Waals surface area contributed by atoms with Crippen LogP contribution in [0.5, 0.6) is 5.75 Å². The summed E-state index contributed by atoms with van der Waals surface area (Å²) in [6.07, 6.45) is 4.20. The van der Waals surface area contributed by atoms with Gasteiger partial charge in [0, 0.05) is 13.1 Å². The summed E-state index contributed by atoms with van der Waals surface area (Å²) in [5.74, 6) is 0.908.